The van der Waals surface area contributed by atoms with Crippen molar-refractivity contribution in [2.45, 2.75) is 32.6 Å². The largest absolute Gasteiger partial charge is 0.467 e. The summed E-state index contributed by atoms with van der Waals surface area (Å²) < 4.78 is 12.8. The molecule has 2 amide bonds. The summed E-state index contributed by atoms with van der Waals surface area (Å²) in [4.78, 5) is 28.9. The standard InChI is InChI=1S/C27H25N5O4/c1-19-13-14-24(36-19)26(27(34)28-16-21-10-7-15-35-21)31(17-20-8-3-2-4-9-20)25(33)18-32-23-12-6-5-11-22(23)29-30-32/h2-15,26H,16-18H2,1H3,(H,28,34)/t26-/m0/s1. The van der Waals surface area contributed by atoms with Gasteiger partial charge in [-0.1, -0.05) is 47.7 Å². The minimum absolute atomic E-state index is 0.0883. The van der Waals surface area contributed by atoms with Crippen molar-refractivity contribution in [2.75, 3.05) is 0 Å². The first-order chi connectivity index (χ1) is 17.6. The highest BCUT2D eigenvalue weighted by molar-refractivity contribution is 5.88. The van der Waals surface area contributed by atoms with E-state index in [0.717, 1.165) is 11.1 Å². The van der Waals surface area contributed by atoms with Gasteiger partial charge < -0.3 is 19.1 Å². The molecule has 2 aromatic carbocycles. The van der Waals surface area contributed by atoms with Crippen LogP contribution in [0.15, 0.2) is 94.0 Å². The highest BCUT2D eigenvalue weighted by atomic mass is 16.3. The number of furan rings is 2. The van der Waals surface area contributed by atoms with Gasteiger partial charge in [0.25, 0.3) is 5.91 Å². The lowest BCUT2D eigenvalue weighted by atomic mass is 10.1. The van der Waals surface area contributed by atoms with Gasteiger partial charge in [-0.3, -0.25) is 9.59 Å². The molecule has 0 aliphatic carbocycles. The third-order valence-corrected chi connectivity index (χ3v) is 5.83. The second-order valence-corrected chi connectivity index (χ2v) is 8.39. The molecule has 5 aromatic rings. The molecule has 9 nitrogen and oxygen atoms in total. The van der Waals surface area contributed by atoms with Gasteiger partial charge in [0.2, 0.25) is 5.91 Å². The molecule has 0 unspecified atom stereocenters. The van der Waals surface area contributed by atoms with Gasteiger partial charge in [-0.15, -0.1) is 5.10 Å². The number of hydrogen-bond donors (Lipinski definition) is 1. The van der Waals surface area contributed by atoms with Gasteiger partial charge in [0.1, 0.15) is 29.3 Å². The molecule has 1 atom stereocenters. The molecule has 0 bridgehead atoms. The molecule has 182 valence electrons. The van der Waals surface area contributed by atoms with Gasteiger partial charge in [-0.2, -0.15) is 0 Å². The summed E-state index contributed by atoms with van der Waals surface area (Å²) in [5.74, 6) is 0.934. The van der Waals surface area contributed by atoms with Crippen molar-refractivity contribution in [3.63, 3.8) is 0 Å². The molecule has 0 saturated carbocycles. The number of aryl methyl sites for hydroxylation is 1. The maximum atomic E-state index is 13.8. The van der Waals surface area contributed by atoms with Crippen LogP contribution in [-0.2, 0) is 29.2 Å². The van der Waals surface area contributed by atoms with E-state index >= 15 is 0 Å². The number of carbonyl (C=O) groups is 2. The van der Waals surface area contributed by atoms with E-state index in [1.807, 2.05) is 54.6 Å². The van der Waals surface area contributed by atoms with Crippen LogP contribution in [0.4, 0.5) is 0 Å². The fourth-order valence-corrected chi connectivity index (χ4v) is 4.07. The molecule has 9 heteroatoms. The van der Waals surface area contributed by atoms with Gasteiger partial charge in [-0.05, 0) is 48.9 Å². The maximum Gasteiger partial charge on any atom is 0.251 e. The van der Waals surface area contributed by atoms with Gasteiger partial charge in [-0.25, -0.2) is 4.68 Å². The van der Waals surface area contributed by atoms with E-state index in [-0.39, 0.29) is 31.4 Å². The molecule has 0 saturated heterocycles. The lowest BCUT2D eigenvalue weighted by Crippen LogP contribution is -2.44. The lowest BCUT2D eigenvalue weighted by molar-refractivity contribution is -0.143. The van der Waals surface area contributed by atoms with Gasteiger partial charge in [0.15, 0.2) is 6.04 Å². The molecule has 0 aliphatic rings. The van der Waals surface area contributed by atoms with E-state index in [9.17, 15) is 9.59 Å². The molecule has 0 aliphatic heterocycles. The zero-order valence-electron chi connectivity index (χ0n) is 19.7. The Morgan fingerprint density at radius 2 is 1.81 bits per heavy atom. The van der Waals surface area contributed by atoms with Gasteiger partial charge >= 0.3 is 0 Å². The van der Waals surface area contributed by atoms with Crippen LogP contribution >= 0.6 is 0 Å². The number of nitrogens with one attached hydrogen (secondary N) is 1. The first-order valence-electron chi connectivity index (χ1n) is 11.6. The van der Waals surface area contributed by atoms with Crippen LogP contribution in [0.25, 0.3) is 11.0 Å². The average Bonchev–Trinajstić information content (AvgIpc) is 3.65. The summed E-state index contributed by atoms with van der Waals surface area (Å²) in [6.45, 7) is 2.09. The summed E-state index contributed by atoms with van der Waals surface area (Å²) in [5, 5.41) is 11.2. The summed E-state index contributed by atoms with van der Waals surface area (Å²) in [6, 6.07) is 23.0. The Kier molecular flexibility index (Phi) is 6.61. The fraction of sp³-hybridized carbons (Fsp3) is 0.185. The zero-order chi connectivity index (χ0) is 24.9. The van der Waals surface area contributed by atoms with E-state index in [2.05, 4.69) is 15.6 Å². The molecule has 3 aromatic heterocycles. The topological polar surface area (TPSA) is 106 Å². The van der Waals surface area contributed by atoms with Crippen LogP contribution in [-0.4, -0.2) is 31.7 Å². The van der Waals surface area contributed by atoms with E-state index in [0.29, 0.717) is 22.8 Å². The summed E-state index contributed by atoms with van der Waals surface area (Å²) >= 11 is 0. The Morgan fingerprint density at radius 1 is 1.00 bits per heavy atom. The second kappa shape index (κ2) is 10.3. The van der Waals surface area contributed by atoms with Crippen molar-refractivity contribution in [1.29, 1.82) is 0 Å². The number of benzene rings is 2. The number of fused-ring (bicyclic) bond motifs is 1. The number of amides is 2. The summed E-state index contributed by atoms with van der Waals surface area (Å²) in [7, 11) is 0. The van der Waals surface area contributed by atoms with E-state index in [4.69, 9.17) is 8.83 Å². The molecule has 36 heavy (non-hydrogen) atoms. The third kappa shape index (κ3) is 5.05. The normalized spacial score (nSPS) is 11.9. The number of nitrogens with zero attached hydrogens (tertiary/aromatic N) is 4. The SMILES string of the molecule is Cc1ccc([C@@H](C(=O)NCc2ccco2)N(Cc2ccccc2)C(=O)Cn2nnc3ccccc32)o1. The van der Waals surface area contributed by atoms with E-state index in [1.54, 1.807) is 42.1 Å². The number of aromatic nitrogens is 3. The van der Waals surface area contributed by atoms with Gasteiger partial charge in [0.05, 0.1) is 18.3 Å². The van der Waals surface area contributed by atoms with E-state index in [1.165, 1.54) is 4.90 Å². The highest BCUT2D eigenvalue weighted by Crippen LogP contribution is 2.26. The first-order valence-corrected chi connectivity index (χ1v) is 11.6. The van der Waals surface area contributed by atoms with Crippen LogP contribution in [0.2, 0.25) is 0 Å². The van der Waals surface area contributed by atoms with Gasteiger partial charge in [0, 0.05) is 6.54 Å². The quantitative estimate of drug-likeness (QED) is 0.340. The fourth-order valence-electron chi connectivity index (χ4n) is 4.07. The number of hydrogen-bond acceptors (Lipinski definition) is 6. The molecule has 0 spiro atoms. The molecule has 0 radical (unpaired) electrons. The predicted octanol–water partition coefficient (Wildman–Crippen LogP) is 4.01. The number of para-hydroxylation sites is 1. The van der Waals surface area contributed by atoms with Crippen molar-refractivity contribution < 1.29 is 18.4 Å². The maximum absolute atomic E-state index is 13.8. The van der Waals surface area contributed by atoms with Crippen molar-refractivity contribution in [3.05, 3.63) is 108 Å². The third-order valence-electron chi connectivity index (χ3n) is 5.83. The Balaban J connectivity index is 1.49. The first kappa shape index (κ1) is 23.1. The Labute approximate surface area is 207 Å². The zero-order valence-corrected chi connectivity index (χ0v) is 19.7. The Hall–Kier alpha value is -4.66. The number of rotatable bonds is 9. The monoisotopic (exact) mass is 483 g/mol. The summed E-state index contributed by atoms with van der Waals surface area (Å²) in [6.07, 6.45) is 1.54. The van der Waals surface area contributed by atoms with Crippen molar-refractivity contribution in [1.82, 2.24) is 25.2 Å². The number of carbonyl (C=O) groups excluding carboxylic acids is 2. The predicted molar refractivity (Wildman–Crippen MR) is 131 cm³/mol. The Bertz CT molecular complexity index is 1460. The average molecular weight is 484 g/mol. The highest BCUT2D eigenvalue weighted by Gasteiger charge is 2.34. The molecular weight excluding hydrogens is 458 g/mol. The van der Waals surface area contributed by atoms with Crippen molar-refractivity contribution in [2.24, 2.45) is 0 Å². The molecule has 5 rings (SSSR count). The smallest absolute Gasteiger partial charge is 0.251 e. The van der Waals surface area contributed by atoms with Crippen molar-refractivity contribution in [3.8, 4) is 0 Å². The van der Waals surface area contributed by atoms with Crippen molar-refractivity contribution >= 4 is 22.8 Å². The van der Waals surface area contributed by atoms with Crippen LogP contribution < -0.4 is 5.32 Å². The molecule has 1 N–H and O–H groups in total. The van der Waals surface area contributed by atoms with Crippen LogP contribution in [0.3, 0.4) is 0 Å². The van der Waals surface area contributed by atoms with E-state index < -0.39 is 6.04 Å². The molecule has 0 fully saturated rings. The molecular formula is C27H25N5O4. The minimum atomic E-state index is -1.00. The second-order valence-electron chi connectivity index (χ2n) is 8.39. The van der Waals surface area contributed by atoms with Crippen LogP contribution in [0, 0.1) is 6.92 Å². The van der Waals surface area contributed by atoms with Crippen LogP contribution in [0.5, 0.6) is 0 Å². The Morgan fingerprint density at radius 3 is 2.56 bits per heavy atom. The molecule has 3 heterocycles. The lowest BCUT2D eigenvalue weighted by Gasteiger charge is -2.30. The minimum Gasteiger partial charge on any atom is -0.467 e. The van der Waals surface area contributed by atoms with Crippen LogP contribution in [0.1, 0.15) is 28.9 Å². The summed E-state index contributed by atoms with van der Waals surface area (Å²) in [5.41, 5.74) is 2.30.